The van der Waals surface area contributed by atoms with Crippen LogP contribution in [-0.2, 0) is 6.54 Å². The summed E-state index contributed by atoms with van der Waals surface area (Å²) in [5.41, 5.74) is -0.576. The van der Waals surface area contributed by atoms with Crippen molar-refractivity contribution >= 4 is 23.3 Å². The van der Waals surface area contributed by atoms with Gasteiger partial charge in [0.1, 0.15) is 11.6 Å². The molecule has 0 aromatic carbocycles. The first-order valence-electron chi connectivity index (χ1n) is 12.1. The molecule has 194 valence electrons. The van der Waals surface area contributed by atoms with Gasteiger partial charge in [0.05, 0.1) is 21.9 Å². The van der Waals surface area contributed by atoms with Gasteiger partial charge >= 0.3 is 6.61 Å². The molecule has 1 amide bonds. The minimum Gasteiger partial charge on any atom is -0.434 e. The van der Waals surface area contributed by atoms with E-state index < -0.39 is 18.1 Å². The van der Waals surface area contributed by atoms with Gasteiger partial charge in [0.2, 0.25) is 0 Å². The summed E-state index contributed by atoms with van der Waals surface area (Å²) >= 11 is 6.57. The minimum absolute atomic E-state index is 0.00263. The number of rotatable bonds is 10. The van der Waals surface area contributed by atoms with E-state index in [1.807, 2.05) is 13.8 Å². The summed E-state index contributed by atoms with van der Waals surface area (Å²) in [5.74, 6) is 0.253. The highest BCUT2D eigenvalue weighted by Gasteiger charge is 2.33. The highest BCUT2D eigenvalue weighted by molar-refractivity contribution is 6.36. The molecule has 2 heterocycles. The number of aliphatic hydroxyl groups is 1. The van der Waals surface area contributed by atoms with E-state index in [1.165, 1.54) is 16.9 Å². The van der Waals surface area contributed by atoms with Crippen LogP contribution >= 0.6 is 11.6 Å². The van der Waals surface area contributed by atoms with Crippen molar-refractivity contribution in [2.24, 2.45) is 5.92 Å². The topological polar surface area (TPSA) is 101 Å². The molecule has 1 unspecified atom stereocenters. The zero-order valence-corrected chi connectivity index (χ0v) is 21.3. The van der Waals surface area contributed by atoms with Crippen LogP contribution in [0.2, 0.25) is 5.02 Å². The number of alkyl halides is 2. The lowest BCUT2D eigenvalue weighted by Crippen LogP contribution is -2.45. The van der Waals surface area contributed by atoms with Gasteiger partial charge in [-0.1, -0.05) is 25.4 Å². The van der Waals surface area contributed by atoms with Gasteiger partial charge in [-0.05, 0) is 51.9 Å². The fourth-order valence-electron chi connectivity index (χ4n) is 4.12. The highest BCUT2D eigenvalue weighted by atomic mass is 35.5. The van der Waals surface area contributed by atoms with Gasteiger partial charge in [0.15, 0.2) is 5.69 Å². The van der Waals surface area contributed by atoms with Crippen molar-refractivity contribution in [3.63, 3.8) is 0 Å². The summed E-state index contributed by atoms with van der Waals surface area (Å²) in [6.07, 6.45) is 5.19. The quantitative estimate of drug-likeness (QED) is 0.408. The van der Waals surface area contributed by atoms with E-state index in [0.29, 0.717) is 31.1 Å². The molecule has 0 radical (unpaired) electrons. The number of aromatic nitrogens is 3. The molecular formula is C24H34ClF2N5O3. The number of hydrogen-bond acceptors (Lipinski definition) is 6. The van der Waals surface area contributed by atoms with E-state index in [2.05, 4.69) is 27.6 Å². The first kappa shape index (κ1) is 27.1. The van der Waals surface area contributed by atoms with E-state index >= 15 is 0 Å². The lowest BCUT2D eigenvalue weighted by Gasteiger charge is -2.34. The Hall–Kier alpha value is -2.46. The van der Waals surface area contributed by atoms with Crippen LogP contribution in [0.3, 0.4) is 0 Å². The standard InChI is InChI=1S/C24H34ClF2N5O3/c1-5-15(4)30-18-11-17(35-23(26)27)16(12-28-18)21-19(25)20(31-32(21)6-2)22(33)29-13-24(34)9-7-14(3)8-10-24/h11-12,14-15,23,34H,5-10,13H2,1-4H3,(H,28,30)(H,29,33). The van der Waals surface area contributed by atoms with Crippen molar-refractivity contribution < 1.29 is 23.4 Å². The van der Waals surface area contributed by atoms with E-state index in [-0.39, 0.29) is 40.3 Å². The second kappa shape index (κ2) is 11.5. The summed E-state index contributed by atoms with van der Waals surface area (Å²) in [7, 11) is 0. The normalized spacial score (nSPS) is 21.1. The van der Waals surface area contributed by atoms with Crippen LogP contribution < -0.4 is 15.4 Å². The predicted molar refractivity (Wildman–Crippen MR) is 131 cm³/mol. The zero-order chi connectivity index (χ0) is 25.8. The van der Waals surface area contributed by atoms with Crippen molar-refractivity contribution in [3.8, 4) is 17.0 Å². The molecule has 0 aliphatic heterocycles. The van der Waals surface area contributed by atoms with E-state index in [0.717, 1.165) is 19.3 Å². The second-order valence-electron chi connectivity index (χ2n) is 9.31. The van der Waals surface area contributed by atoms with Crippen LogP contribution in [0, 0.1) is 5.92 Å². The SMILES string of the molecule is CCC(C)Nc1cc(OC(F)F)c(-c2c(Cl)c(C(=O)NCC3(O)CCC(C)CC3)nn2CC)cn1. The van der Waals surface area contributed by atoms with E-state index in [4.69, 9.17) is 16.3 Å². The van der Waals surface area contributed by atoms with E-state index in [1.54, 1.807) is 6.92 Å². The van der Waals surface area contributed by atoms with Gasteiger partial charge in [0, 0.05) is 31.4 Å². The van der Waals surface area contributed by atoms with Crippen molar-refractivity contribution in [1.29, 1.82) is 0 Å². The number of carbonyl (C=O) groups excluding carboxylic acids is 1. The number of nitrogens with zero attached hydrogens (tertiary/aromatic N) is 3. The van der Waals surface area contributed by atoms with Gasteiger partial charge in [-0.2, -0.15) is 13.9 Å². The molecule has 11 heteroatoms. The van der Waals surface area contributed by atoms with Gasteiger partial charge in [-0.25, -0.2) is 4.98 Å². The molecule has 1 saturated carbocycles. The predicted octanol–water partition coefficient (Wildman–Crippen LogP) is 5.10. The number of ether oxygens (including phenoxy) is 1. The Morgan fingerprint density at radius 3 is 2.66 bits per heavy atom. The van der Waals surface area contributed by atoms with Crippen molar-refractivity contribution in [3.05, 3.63) is 23.0 Å². The molecule has 1 fully saturated rings. The second-order valence-corrected chi connectivity index (χ2v) is 9.69. The molecule has 2 aromatic rings. The average molecular weight is 514 g/mol. The average Bonchev–Trinajstić information content (AvgIpc) is 3.15. The Kier molecular flexibility index (Phi) is 8.93. The lowest BCUT2D eigenvalue weighted by atomic mass is 9.79. The molecule has 0 saturated heterocycles. The number of hydrogen-bond donors (Lipinski definition) is 3. The summed E-state index contributed by atoms with van der Waals surface area (Å²) in [4.78, 5) is 17.3. The minimum atomic E-state index is -3.06. The van der Waals surface area contributed by atoms with Crippen LogP contribution in [-0.4, -0.2) is 50.6 Å². The van der Waals surface area contributed by atoms with Gasteiger partial charge < -0.3 is 20.5 Å². The third-order valence-corrected chi connectivity index (χ3v) is 6.89. The number of carbonyl (C=O) groups is 1. The largest absolute Gasteiger partial charge is 0.434 e. The van der Waals surface area contributed by atoms with Crippen molar-refractivity contribution in [2.75, 3.05) is 11.9 Å². The molecule has 1 aliphatic carbocycles. The Balaban J connectivity index is 1.90. The fourth-order valence-corrected chi connectivity index (χ4v) is 4.44. The van der Waals surface area contributed by atoms with Gasteiger partial charge in [0.25, 0.3) is 5.91 Å². The molecule has 3 N–H and O–H groups in total. The van der Waals surface area contributed by atoms with Crippen LogP contribution in [0.25, 0.3) is 11.3 Å². The van der Waals surface area contributed by atoms with Crippen LogP contribution in [0.1, 0.15) is 70.3 Å². The maximum Gasteiger partial charge on any atom is 0.387 e. The maximum absolute atomic E-state index is 13.2. The van der Waals surface area contributed by atoms with Crippen molar-refractivity contribution in [2.45, 2.75) is 84.6 Å². The molecular weight excluding hydrogens is 480 g/mol. The molecule has 1 aliphatic rings. The maximum atomic E-state index is 13.2. The highest BCUT2D eigenvalue weighted by Crippen LogP contribution is 2.38. The zero-order valence-electron chi connectivity index (χ0n) is 20.6. The van der Waals surface area contributed by atoms with Crippen LogP contribution in [0.4, 0.5) is 14.6 Å². The fraction of sp³-hybridized carbons (Fsp3) is 0.625. The smallest absolute Gasteiger partial charge is 0.387 e. The van der Waals surface area contributed by atoms with Gasteiger partial charge in [-0.3, -0.25) is 9.48 Å². The molecule has 35 heavy (non-hydrogen) atoms. The molecule has 2 aromatic heterocycles. The molecule has 1 atom stereocenters. The molecule has 0 spiro atoms. The Bertz CT molecular complexity index is 1020. The van der Waals surface area contributed by atoms with Crippen LogP contribution in [0.5, 0.6) is 5.75 Å². The summed E-state index contributed by atoms with van der Waals surface area (Å²) < 4.78 is 32.7. The Labute approximate surface area is 209 Å². The molecule has 0 bridgehead atoms. The number of amides is 1. The Morgan fingerprint density at radius 2 is 2.06 bits per heavy atom. The van der Waals surface area contributed by atoms with Gasteiger partial charge in [-0.15, -0.1) is 0 Å². The molecule has 8 nitrogen and oxygen atoms in total. The number of aryl methyl sites for hydroxylation is 1. The summed E-state index contributed by atoms with van der Waals surface area (Å²) in [5, 5.41) is 21.0. The van der Waals surface area contributed by atoms with E-state index in [9.17, 15) is 18.7 Å². The lowest BCUT2D eigenvalue weighted by molar-refractivity contribution is -0.0494. The number of halogens is 3. The summed E-state index contributed by atoms with van der Waals surface area (Å²) in [6.45, 7) is 5.21. The first-order valence-corrected chi connectivity index (χ1v) is 12.4. The number of pyridine rings is 1. The number of nitrogens with one attached hydrogen (secondary N) is 2. The first-order chi connectivity index (χ1) is 16.6. The third-order valence-electron chi connectivity index (χ3n) is 6.54. The van der Waals surface area contributed by atoms with Crippen molar-refractivity contribution in [1.82, 2.24) is 20.1 Å². The number of anilines is 1. The Morgan fingerprint density at radius 1 is 1.37 bits per heavy atom. The van der Waals surface area contributed by atoms with Crippen LogP contribution in [0.15, 0.2) is 12.3 Å². The molecule has 3 rings (SSSR count). The monoisotopic (exact) mass is 513 g/mol. The summed E-state index contributed by atoms with van der Waals surface area (Å²) in [6, 6.07) is 1.46. The third kappa shape index (κ3) is 6.61.